The Kier molecular flexibility index (Phi) is 9.00. The van der Waals surface area contributed by atoms with Gasteiger partial charge in [0.15, 0.2) is 5.96 Å². The molecule has 0 radical (unpaired) electrons. The molecule has 0 bridgehead atoms. The maximum atomic E-state index is 4.40. The molecule has 0 saturated heterocycles. The number of nitrogens with one attached hydrogen (secondary N) is 2. The number of benzene rings is 3. The Morgan fingerprint density at radius 3 is 2.39 bits per heavy atom. The number of aliphatic imine (C=N–C) groups is 1. The molecule has 1 unspecified atom stereocenters. The molecule has 0 aliphatic heterocycles. The molecule has 4 aromatic rings. The summed E-state index contributed by atoms with van der Waals surface area (Å²) in [4.78, 5) is 8.40. The highest BCUT2D eigenvalue weighted by Gasteiger charge is 2.09. The number of halogens is 1. The Morgan fingerprint density at radius 1 is 0.970 bits per heavy atom. The molecule has 0 saturated carbocycles. The van der Waals surface area contributed by atoms with Crippen molar-refractivity contribution in [2.45, 2.75) is 26.1 Å². The summed E-state index contributed by atoms with van der Waals surface area (Å²) in [5.41, 5.74) is 6.02. The quantitative estimate of drug-likeness (QED) is 0.192. The van der Waals surface area contributed by atoms with Crippen LogP contribution in [0.25, 0.3) is 11.1 Å². The summed E-state index contributed by atoms with van der Waals surface area (Å²) in [6.07, 6.45) is 3.29. The molecule has 1 aromatic heterocycles. The first-order valence-electron chi connectivity index (χ1n) is 10.7. The van der Waals surface area contributed by atoms with Gasteiger partial charge in [-0.15, -0.1) is 24.0 Å². The van der Waals surface area contributed by atoms with Gasteiger partial charge in [-0.05, 0) is 34.7 Å². The Hall–Kier alpha value is -3.20. The van der Waals surface area contributed by atoms with E-state index in [1.54, 1.807) is 19.7 Å². The van der Waals surface area contributed by atoms with Crippen molar-refractivity contribution in [1.29, 1.82) is 0 Å². The maximum absolute atomic E-state index is 4.40. The normalized spacial score (nSPS) is 12.0. The third kappa shape index (κ3) is 6.64. The molecule has 33 heavy (non-hydrogen) atoms. The predicted octanol–water partition coefficient (Wildman–Crippen LogP) is 5.04. The highest BCUT2D eigenvalue weighted by molar-refractivity contribution is 14.0. The smallest absolute Gasteiger partial charge is 0.191 e. The third-order valence-electron chi connectivity index (χ3n) is 5.42. The molecule has 170 valence electrons. The molecule has 0 amide bonds. The molecule has 0 fully saturated rings. The molecule has 2 N–H and O–H groups in total. The van der Waals surface area contributed by atoms with Gasteiger partial charge in [-0.1, -0.05) is 78.9 Å². The van der Waals surface area contributed by atoms with Crippen LogP contribution in [0.1, 0.15) is 29.7 Å². The summed E-state index contributed by atoms with van der Waals surface area (Å²) < 4.78 is 1.82. The maximum Gasteiger partial charge on any atom is 0.191 e. The van der Waals surface area contributed by atoms with Gasteiger partial charge in [0.05, 0.1) is 12.6 Å². The van der Waals surface area contributed by atoms with Gasteiger partial charge in [-0.25, -0.2) is 9.67 Å². The average molecular weight is 552 g/mol. The number of hydrogen-bond acceptors (Lipinski definition) is 3. The van der Waals surface area contributed by atoms with E-state index in [1.165, 1.54) is 27.8 Å². The van der Waals surface area contributed by atoms with Crippen LogP contribution in [-0.2, 0) is 13.1 Å². The predicted molar refractivity (Wildman–Crippen MR) is 145 cm³/mol. The van der Waals surface area contributed by atoms with E-state index in [0.29, 0.717) is 13.1 Å². The molecular formula is C26H29IN6. The van der Waals surface area contributed by atoms with Gasteiger partial charge in [0.2, 0.25) is 0 Å². The van der Waals surface area contributed by atoms with E-state index >= 15 is 0 Å². The molecule has 1 heterocycles. The summed E-state index contributed by atoms with van der Waals surface area (Å²) in [5, 5.41) is 11.1. The topological polar surface area (TPSA) is 67.1 Å². The fourth-order valence-corrected chi connectivity index (χ4v) is 3.65. The van der Waals surface area contributed by atoms with E-state index in [9.17, 15) is 0 Å². The van der Waals surface area contributed by atoms with Gasteiger partial charge in [0, 0.05) is 13.6 Å². The highest BCUT2D eigenvalue weighted by Crippen LogP contribution is 2.24. The molecule has 4 rings (SSSR count). The third-order valence-corrected chi connectivity index (χ3v) is 5.42. The molecule has 6 nitrogen and oxygen atoms in total. The zero-order valence-corrected chi connectivity index (χ0v) is 21.2. The van der Waals surface area contributed by atoms with Gasteiger partial charge in [0.1, 0.15) is 12.7 Å². The lowest BCUT2D eigenvalue weighted by molar-refractivity contribution is 0.685. The van der Waals surface area contributed by atoms with Crippen LogP contribution >= 0.6 is 24.0 Å². The van der Waals surface area contributed by atoms with Crippen LogP contribution < -0.4 is 10.6 Å². The van der Waals surface area contributed by atoms with Crippen LogP contribution in [0.2, 0.25) is 0 Å². The van der Waals surface area contributed by atoms with E-state index in [1.807, 2.05) is 10.7 Å². The highest BCUT2D eigenvalue weighted by atomic mass is 127. The summed E-state index contributed by atoms with van der Waals surface area (Å²) in [6.45, 7) is 3.53. The number of aromatic nitrogens is 3. The second-order valence-corrected chi connectivity index (χ2v) is 7.65. The van der Waals surface area contributed by atoms with E-state index < -0.39 is 0 Å². The minimum absolute atomic E-state index is 0. The van der Waals surface area contributed by atoms with Crippen molar-refractivity contribution in [2.75, 3.05) is 7.05 Å². The van der Waals surface area contributed by atoms with Crippen LogP contribution in [0.4, 0.5) is 0 Å². The Labute approximate surface area is 212 Å². The molecule has 0 aliphatic rings. The van der Waals surface area contributed by atoms with Crippen molar-refractivity contribution in [2.24, 2.45) is 4.99 Å². The van der Waals surface area contributed by atoms with Crippen molar-refractivity contribution in [3.8, 4) is 11.1 Å². The zero-order chi connectivity index (χ0) is 22.2. The van der Waals surface area contributed by atoms with Crippen LogP contribution in [0.15, 0.2) is 96.5 Å². The van der Waals surface area contributed by atoms with Crippen molar-refractivity contribution in [3.63, 3.8) is 0 Å². The lowest BCUT2D eigenvalue weighted by atomic mass is 9.98. The molecule has 7 heteroatoms. The first kappa shape index (κ1) is 24.4. The van der Waals surface area contributed by atoms with Crippen LogP contribution in [0, 0.1) is 0 Å². The van der Waals surface area contributed by atoms with Crippen molar-refractivity contribution in [3.05, 3.63) is 108 Å². The van der Waals surface area contributed by atoms with E-state index in [4.69, 9.17) is 0 Å². The van der Waals surface area contributed by atoms with Gasteiger partial charge in [-0.2, -0.15) is 5.10 Å². The van der Waals surface area contributed by atoms with E-state index in [-0.39, 0.29) is 30.0 Å². The van der Waals surface area contributed by atoms with E-state index in [0.717, 1.165) is 5.96 Å². The zero-order valence-electron chi connectivity index (χ0n) is 18.8. The van der Waals surface area contributed by atoms with Crippen molar-refractivity contribution >= 4 is 29.9 Å². The Morgan fingerprint density at radius 2 is 1.70 bits per heavy atom. The minimum atomic E-state index is 0. The number of hydrogen-bond donors (Lipinski definition) is 2. The Bertz CT molecular complexity index is 1140. The second kappa shape index (κ2) is 12.2. The second-order valence-electron chi connectivity index (χ2n) is 7.65. The standard InChI is InChI=1S/C26H28N6.HI/c1-20(22-8-4-3-5-9-22)31-26(27-2)29-16-24-10-6-7-11-25(24)23-14-12-21(13-15-23)17-32-19-28-18-30-32;/h3-15,18-20H,16-17H2,1-2H3,(H2,27,29,31);1H. The van der Waals surface area contributed by atoms with E-state index in [2.05, 4.69) is 105 Å². The molecule has 1 atom stereocenters. The molecule has 3 aromatic carbocycles. The van der Waals surface area contributed by atoms with Crippen LogP contribution in [0.3, 0.4) is 0 Å². The average Bonchev–Trinajstić information content (AvgIpc) is 3.36. The van der Waals surface area contributed by atoms with Crippen LogP contribution in [0.5, 0.6) is 0 Å². The molecule has 0 aliphatic carbocycles. The summed E-state index contributed by atoms with van der Waals surface area (Å²) in [5.74, 6) is 0.777. The first-order chi connectivity index (χ1) is 15.7. The summed E-state index contributed by atoms with van der Waals surface area (Å²) in [7, 11) is 1.80. The van der Waals surface area contributed by atoms with Crippen LogP contribution in [-0.4, -0.2) is 27.8 Å². The van der Waals surface area contributed by atoms with Gasteiger partial charge in [-0.3, -0.25) is 4.99 Å². The lowest BCUT2D eigenvalue weighted by Crippen LogP contribution is -2.38. The minimum Gasteiger partial charge on any atom is -0.352 e. The largest absolute Gasteiger partial charge is 0.352 e. The summed E-state index contributed by atoms with van der Waals surface area (Å²) in [6, 6.07) is 27.6. The van der Waals surface area contributed by atoms with Gasteiger partial charge in [0.25, 0.3) is 0 Å². The lowest BCUT2D eigenvalue weighted by Gasteiger charge is -2.19. The first-order valence-corrected chi connectivity index (χ1v) is 10.7. The Balaban J connectivity index is 0.00000306. The van der Waals surface area contributed by atoms with Gasteiger partial charge < -0.3 is 10.6 Å². The molecular weight excluding hydrogens is 523 g/mol. The fourth-order valence-electron chi connectivity index (χ4n) is 3.65. The number of nitrogens with zero attached hydrogens (tertiary/aromatic N) is 4. The monoisotopic (exact) mass is 552 g/mol. The van der Waals surface area contributed by atoms with Crippen molar-refractivity contribution < 1.29 is 0 Å². The number of guanidine groups is 1. The van der Waals surface area contributed by atoms with Gasteiger partial charge >= 0.3 is 0 Å². The summed E-state index contributed by atoms with van der Waals surface area (Å²) >= 11 is 0. The number of rotatable bonds is 7. The molecule has 0 spiro atoms. The SMILES string of the molecule is CN=C(NCc1ccccc1-c1ccc(Cn2cncn2)cc1)NC(C)c1ccccc1.I. The van der Waals surface area contributed by atoms with Crippen molar-refractivity contribution in [1.82, 2.24) is 25.4 Å². The fraction of sp³-hybridized carbons (Fsp3) is 0.192.